The Bertz CT molecular complexity index is 585. The molecule has 19 heavy (non-hydrogen) atoms. The summed E-state index contributed by atoms with van der Waals surface area (Å²) in [5.41, 5.74) is 6.83. The number of hydrogen-bond donors (Lipinski definition) is 2. The van der Waals surface area contributed by atoms with E-state index in [1.54, 1.807) is 12.3 Å². The van der Waals surface area contributed by atoms with Crippen LogP contribution in [0.5, 0.6) is 0 Å². The molecule has 2 heterocycles. The van der Waals surface area contributed by atoms with Crippen LogP contribution in [0.15, 0.2) is 18.3 Å². The van der Waals surface area contributed by atoms with Gasteiger partial charge >= 0.3 is 0 Å². The van der Waals surface area contributed by atoms with Gasteiger partial charge in [0.15, 0.2) is 9.84 Å². The minimum Gasteiger partial charge on any atom is -0.382 e. The van der Waals surface area contributed by atoms with E-state index in [0.717, 1.165) is 5.56 Å². The molecule has 104 valence electrons. The maximum atomic E-state index is 11.5. The Labute approximate surface area is 113 Å². The summed E-state index contributed by atoms with van der Waals surface area (Å²) in [5, 5.41) is 7.36. The van der Waals surface area contributed by atoms with Crippen LogP contribution < -0.4 is 5.73 Å². The summed E-state index contributed by atoms with van der Waals surface area (Å²) in [6.45, 7) is 0.628. The SMILES string of the molecule is CN(Cc1ccnc(C(=N)N)c1)C1CCS(=O)(=O)C1. The first-order valence-electron chi connectivity index (χ1n) is 6.07. The van der Waals surface area contributed by atoms with Gasteiger partial charge in [0.1, 0.15) is 11.5 Å². The fourth-order valence-electron chi connectivity index (χ4n) is 2.26. The average molecular weight is 282 g/mol. The highest BCUT2D eigenvalue weighted by atomic mass is 32.2. The molecule has 1 fully saturated rings. The van der Waals surface area contributed by atoms with Crippen LogP contribution in [0.25, 0.3) is 0 Å². The summed E-state index contributed by atoms with van der Waals surface area (Å²) < 4.78 is 22.9. The molecule has 1 aliphatic heterocycles. The first kappa shape index (κ1) is 14.0. The van der Waals surface area contributed by atoms with Crippen LogP contribution in [0.2, 0.25) is 0 Å². The zero-order valence-electron chi connectivity index (χ0n) is 10.8. The van der Waals surface area contributed by atoms with Crippen LogP contribution in [0.3, 0.4) is 0 Å². The van der Waals surface area contributed by atoms with Crippen LogP contribution >= 0.6 is 0 Å². The third kappa shape index (κ3) is 3.51. The third-order valence-corrected chi connectivity index (χ3v) is 5.11. The fourth-order valence-corrected chi connectivity index (χ4v) is 4.07. The van der Waals surface area contributed by atoms with E-state index < -0.39 is 9.84 Å². The van der Waals surface area contributed by atoms with E-state index in [1.807, 2.05) is 18.0 Å². The molecule has 1 unspecified atom stereocenters. The number of nitrogen functional groups attached to an aromatic ring is 1. The summed E-state index contributed by atoms with van der Waals surface area (Å²) in [6, 6.07) is 3.69. The quantitative estimate of drug-likeness (QED) is 0.597. The van der Waals surface area contributed by atoms with E-state index in [-0.39, 0.29) is 23.4 Å². The lowest BCUT2D eigenvalue weighted by Gasteiger charge is -2.23. The Balaban J connectivity index is 2.05. The molecule has 0 spiro atoms. The van der Waals surface area contributed by atoms with E-state index in [0.29, 0.717) is 18.7 Å². The highest BCUT2D eigenvalue weighted by molar-refractivity contribution is 7.91. The van der Waals surface area contributed by atoms with Crippen molar-refractivity contribution in [3.05, 3.63) is 29.6 Å². The van der Waals surface area contributed by atoms with Crippen LogP contribution in [0.1, 0.15) is 17.7 Å². The molecule has 0 bridgehead atoms. The molecule has 2 rings (SSSR count). The van der Waals surface area contributed by atoms with E-state index in [1.165, 1.54) is 0 Å². The zero-order chi connectivity index (χ0) is 14.0. The van der Waals surface area contributed by atoms with Gasteiger partial charge in [0.05, 0.1) is 11.5 Å². The molecule has 3 N–H and O–H groups in total. The minimum absolute atomic E-state index is 0.0621. The predicted octanol–water partition coefficient (Wildman–Crippen LogP) is -0.0154. The van der Waals surface area contributed by atoms with Crippen LogP contribution in [0.4, 0.5) is 0 Å². The van der Waals surface area contributed by atoms with E-state index >= 15 is 0 Å². The number of nitrogens with one attached hydrogen (secondary N) is 1. The largest absolute Gasteiger partial charge is 0.382 e. The molecule has 1 atom stereocenters. The molecule has 1 aromatic rings. The number of amidine groups is 1. The second kappa shape index (κ2) is 5.26. The zero-order valence-corrected chi connectivity index (χ0v) is 11.7. The number of rotatable bonds is 4. The van der Waals surface area contributed by atoms with Gasteiger partial charge in [-0.1, -0.05) is 0 Å². The topological polar surface area (TPSA) is 100 Å². The molecule has 1 aliphatic rings. The third-order valence-electron chi connectivity index (χ3n) is 3.36. The van der Waals surface area contributed by atoms with Crippen molar-refractivity contribution in [3.8, 4) is 0 Å². The second-order valence-corrected chi connectivity index (χ2v) is 7.16. The number of hydrogen-bond acceptors (Lipinski definition) is 5. The molecule has 0 radical (unpaired) electrons. The summed E-state index contributed by atoms with van der Waals surface area (Å²) in [6.07, 6.45) is 2.30. The molecule has 0 aliphatic carbocycles. The van der Waals surface area contributed by atoms with Crippen molar-refractivity contribution in [3.63, 3.8) is 0 Å². The van der Waals surface area contributed by atoms with Crippen molar-refractivity contribution in [2.75, 3.05) is 18.6 Å². The van der Waals surface area contributed by atoms with E-state index in [9.17, 15) is 8.42 Å². The van der Waals surface area contributed by atoms with Gasteiger partial charge in [-0.2, -0.15) is 0 Å². The van der Waals surface area contributed by atoms with Crippen molar-refractivity contribution < 1.29 is 8.42 Å². The van der Waals surface area contributed by atoms with Gasteiger partial charge in [0.25, 0.3) is 0 Å². The number of sulfone groups is 1. The molecule has 1 aromatic heterocycles. The molecule has 7 heteroatoms. The first-order valence-corrected chi connectivity index (χ1v) is 7.89. The Morgan fingerprint density at radius 2 is 2.37 bits per heavy atom. The Hall–Kier alpha value is -1.47. The summed E-state index contributed by atoms with van der Waals surface area (Å²) in [7, 11) is -0.946. The van der Waals surface area contributed by atoms with Crippen molar-refractivity contribution >= 4 is 15.7 Å². The predicted molar refractivity (Wildman–Crippen MR) is 73.8 cm³/mol. The lowest BCUT2D eigenvalue weighted by atomic mass is 10.1. The summed E-state index contributed by atoms with van der Waals surface area (Å²) in [4.78, 5) is 6.03. The highest BCUT2D eigenvalue weighted by Gasteiger charge is 2.30. The normalized spacial score (nSPS) is 21.7. The molecule has 0 amide bonds. The number of pyridine rings is 1. The highest BCUT2D eigenvalue weighted by Crippen LogP contribution is 2.18. The molecular formula is C12H18N4O2S. The number of nitrogens with two attached hydrogens (primary N) is 1. The molecule has 0 saturated carbocycles. The lowest BCUT2D eigenvalue weighted by molar-refractivity contribution is 0.254. The summed E-state index contributed by atoms with van der Waals surface area (Å²) in [5.74, 6) is 0.443. The van der Waals surface area contributed by atoms with Gasteiger partial charge in [0, 0.05) is 18.8 Å². The van der Waals surface area contributed by atoms with Crippen molar-refractivity contribution in [1.82, 2.24) is 9.88 Å². The van der Waals surface area contributed by atoms with E-state index in [4.69, 9.17) is 11.1 Å². The fraction of sp³-hybridized carbons (Fsp3) is 0.500. The Kier molecular flexibility index (Phi) is 3.86. The van der Waals surface area contributed by atoms with Crippen LogP contribution in [-0.4, -0.2) is 48.7 Å². The molecule has 6 nitrogen and oxygen atoms in total. The second-order valence-electron chi connectivity index (χ2n) is 4.93. The number of nitrogens with zero attached hydrogens (tertiary/aromatic N) is 2. The van der Waals surface area contributed by atoms with Gasteiger partial charge in [-0.3, -0.25) is 15.3 Å². The van der Waals surface area contributed by atoms with Crippen molar-refractivity contribution in [1.29, 1.82) is 5.41 Å². The minimum atomic E-state index is -2.86. The van der Waals surface area contributed by atoms with Gasteiger partial charge in [0.2, 0.25) is 0 Å². The van der Waals surface area contributed by atoms with Crippen molar-refractivity contribution in [2.24, 2.45) is 5.73 Å². The smallest absolute Gasteiger partial charge is 0.151 e. The summed E-state index contributed by atoms with van der Waals surface area (Å²) >= 11 is 0. The molecular weight excluding hydrogens is 264 g/mol. The molecule has 1 saturated heterocycles. The first-order chi connectivity index (χ1) is 8.87. The Morgan fingerprint density at radius 1 is 1.63 bits per heavy atom. The van der Waals surface area contributed by atoms with Crippen molar-refractivity contribution in [2.45, 2.75) is 19.0 Å². The van der Waals surface area contributed by atoms with Gasteiger partial charge in [-0.25, -0.2) is 8.42 Å². The average Bonchev–Trinajstić information content (AvgIpc) is 2.70. The van der Waals surface area contributed by atoms with Crippen LogP contribution in [0, 0.1) is 5.41 Å². The van der Waals surface area contributed by atoms with Gasteiger partial charge in [-0.15, -0.1) is 0 Å². The van der Waals surface area contributed by atoms with Crippen LogP contribution in [-0.2, 0) is 16.4 Å². The lowest BCUT2D eigenvalue weighted by Crippen LogP contribution is -2.32. The van der Waals surface area contributed by atoms with E-state index in [2.05, 4.69) is 4.98 Å². The standard InChI is InChI=1S/C12H18N4O2S/c1-16(10-3-5-19(17,18)8-10)7-9-2-4-15-11(6-9)12(13)14/h2,4,6,10H,3,5,7-8H2,1H3,(H3,13,14). The molecule has 0 aromatic carbocycles. The number of aromatic nitrogens is 1. The van der Waals surface area contributed by atoms with Gasteiger partial charge < -0.3 is 5.73 Å². The maximum absolute atomic E-state index is 11.5. The maximum Gasteiger partial charge on any atom is 0.151 e. The monoisotopic (exact) mass is 282 g/mol. The Morgan fingerprint density at radius 3 is 2.95 bits per heavy atom. The van der Waals surface area contributed by atoms with Gasteiger partial charge in [-0.05, 0) is 31.2 Å².